The molecule has 2 aliphatic rings. The van der Waals surface area contributed by atoms with E-state index in [0.29, 0.717) is 0 Å². The van der Waals surface area contributed by atoms with Gasteiger partial charge in [0.05, 0.1) is 25.7 Å². The number of hydrogen-bond donors (Lipinski definition) is 2. The standard InChI is InChI=1S/C11H16N4O5/c1-7(14-2-8(16)12-9(17)3-14)4-15(20)5-10(18)13-11(19)6-15/h7H,2-6H2,1H3,(H,12,16,17)(H,13,18,19)/t7-/m0/s1. The maximum atomic E-state index is 12.4. The molecular formula is C11H16N4O5. The molecule has 1 atom stereocenters. The Bertz CT molecular complexity index is 445. The molecule has 0 bridgehead atoms. The van der Waals surface area contributed by atoms with E-state index in [1.165, 1.54) is 0 Å². The van der Waals surface area contributed by atoms with Gasteiger partial charge < -0.3 is 9.85 Å². The van der Waals surface area contributed by atoms with Crippen LogP contribution in [0, 0.1) is 5.21 Å². The average molecular weight is 284 g/mol. The maximum absolute atomic E-state index is 12.4. The van der Waals surface area contributed by atoms with Crippen molar-refractivity contribution in [3.8, 4) is 0 Å². The lowest BCUT2D eigenvalue weighted by Crippen LogP contribution is -2.64. The number of rotatable bonds is 3. The minimum atomic E-state index is -0.960. The highest BCUT2D eigenvalue weighted by molar-refractivity contribution is 5.99. The molecule has 2 heterocycles. The summed E-state index contributed by atoms with van der Waals surface area (Å²) in [5.74, 6) is -2.04. The Kier molecular flexibility index (Phi) is 3.84. The summed E-state index contributed by atoms with van der Waals surface area (Å²) in [4.78, 5) is 46.7. The van der Waals surface area contributed by atoms with Gasteiger partial charge in [-0.05, 0) is 6.92 Å². The summed E-state index contributed by atoms with van der Waals surface area (Å²) in [5, 5.41) is 16.6. The Morgan fingerprint density at radius 1 is 1.05 bits per heavy atom. The largest absolute Gasteiger partial charge is 0.632 e. The lowest BCUT2D eigenvalue weighted by molar-refractivity contribution is -0.868. The summed E-state index contributed by atoms with van der Waals surface area (Å²) in [7, 11) is 0. The monoisotopic (exact) mass is 284 g/mol. The second-order valence-corrected chi connectivity index (χ2v) is 5.25. The van der Waals surface area contributed by atoms with Crippen LogP contribution in [0.4, 0.5) is 0 Å². The maximum Gasteiger partial charge on any atom is 0.282 e. The van der Waals surface area contributed by atoms with E-state index in [-0.39, 0.29) is 38.8 Å². The van der Waals surface area contributed by atoms with Crippen LogP contribution in [0.25, 0.3) is 0 Å². The zero-order valence-electron chi connectivity index (χ0n) is 11.0. The fraction of sp³-hybridized carbons (Fsp3) is 0.636. The fourth-order valence-corrected chi connectivity index (χ4v) is 2.51. The van der Waals surface area contributed by atoms with Crippen LogP contribution in [0.1, 0.15) is 6.92 Å². The lowest BCUT2D eigenvalue weighted by Gasteiger charge is -2.46. The predicted molar refractivity (Wildman–Crippen MR) is 65.6 cm³/mol. The van der Waals surface area contributed by atoms with E-state index in [1.54, 1.807) is 11.8 Å². The second kappa shape index (κ2) is 5.27. The van der Waals surface area contributed by atoms with Gasteiger partial charge >= 0.3 is 0 Å². The third kappa shape index (κ3) is 3.38. The first-order valence-corrected chi connectivity index (χ1v) is 6.24. The summed E-state index contributed by atoms with van der Waals surface area (Å²) in [6.45, 7) is 1.05. The van der Waals surface area contributed by atoms with Crippen LogP contribution in [0.5, 0.6) is 0 Å². The minimum absolute atomic E-state index is 0.0209. The van der Waals surface area contributed by atoms with E-state index < -0.39 is 28.3 Å². The third-order valence-electron chi connectivity index (χ3n) is 3.33. The zero-order valence-corrected chi connectivity index (χ0v) is 11.0. The third-order valence-corrected chi connectivity index (χ3v) is 3.33. The van der Waals surface area contributed by atoms with Crippen LogP contribution in [0.3, 0.4) is 0 Å². The Morgan fingerprint density at radius 2 is 1.50 bits per heavy atom. The molecule has 9 heteroatoms. The van der Waals surface area contributed by atoms with Crippen LogP contribution in [-0.4, -0.2) is 71.9 Å². The molecule has 2 saturated heterocycles. The van der Waals surface area contributed by atoms with E-state index in [4.69, 9.17) is 0 Å². The number of imide groups is 2. The number of amides is 4. The Hall–Kier alpha value is -1.84. The minimum Gasteiger partial charge on any atom is -0.632 e. The van der Waals surface area contributed by atoms with Crippen molar-refractivity contribution in [2.24, 2.45) is 0 Å². The molecule has 0 aromatic heterocycles. The summed E-state index contributed by atoms with van der Waals surface area (Å²) < 4.78 is -0.960. The SMILES string of the molecule is C[C@@H](C[N+]1([O-])CC(=O)NC(=O)C1)N1CC(=O)NC(=O)C1. The van der Waals surface area contributed by atoms with Crippen molar-refractivity contribution < 1.29 is 23.8 Å². The number of hydrogen-bond acceptors (Lipinski definition) is 6. The van der Waals surface area contributed by atoms with E-state index in [0.717, 1.165) is 0 Å². The normalized spacial score (nSPS) is 25.1. The van der Waals surface area contributed by atoms with Crippen molar-refractivity contribution in [2.45, 2.75) is 13.0 Å². The van der Waals surface area contributed by atoms with Gasteiger partial charge in [0.2, 0.25) is 11.8 Å². The van der Waals surface area contributed by atoms with Gasteiger partial charge in [-0.25, -0.2) is 0 Å². The lowest BCUT2D eigenvalue weighted by atomic mass is 10.2. The van der Waals surface area contributed by atoms with Gasteiger partial charge in [0.15, 0.2) is 13.1 Å². The van der Waals surface area contributed by atoms with Gasteiger partial charge in [-0.2, -0.15) is 0 Å². The molecule has 2 aliphatic heterocycles. The molecular weight excluding hydrogens is 268 g/mol. The molecule has 0 radical (unpaired) electrons. The van der Waals surface area contributed by atoms with Crippen LogP contribution >= 0.6 is 0 Å². The quantitative estimate of drug-likeness (QED) is 0.331. The zero-order chi connectivity index (χ0) is 14.9. The molecule has 4 amide bonds. The number of nitrogens with zero attached hydrogens (tertiary/aromatic N) is 2. The van der Waals surface area contributed by atoms with Crippen molar-refractivity contribution in [1.29, 1.82) is 0 Å². The van der Waals surface area contributed by atoms with E-state index in [9.17, 15) is 24.4 Å². The molecule has 0 saturated carbocycles. The Balaban J connectivity index is 2.01. The number of carbonyl (C=O) groups is 4. The number of quaternary nitrogens is 1. The van der Waals surface area contributed by atoms with Crippen molar-refractivity contribution in [1.82, 2.24) is 15.5 Å². The number of carbonyl (C=O) groups excluding carboxylic acids is 4. The van der Waals surface area contributed by atoms with Gasteiger partial charge in [0.25, 0.3) is 11.8 Å². The summed E-state index contributed by atoms with van der Waals surface area (Å²) in [6.07, 6.45) is 0. The average Bonchev–Trinajstić information content (AvgIpc) is 2.24. The molecule has 2 N–H and O–H groups in total. The number of piperazine rings is 2. The van der Waals surface area contributed by atoms with Crippen LogP contribution in [0.2, 0.25) is 0 Å². The topological polar surface area (TPSA) is 119 Å². The molecule has 2 fully saturated rings. The Labute approximate surface area is 115 Å². The molecule has 0 aromatic rings. The summed E-state index contributed by atoms with van der Waals surface area (Å²) >= 11 is 0. The van der Waals surface area contributed by atoms with E-state index >= 15 is 0 Å². The van der Waals surface area contributed by atoms with Crippen molar-refractivity contribution in [3.05, 3.63) is 5.21 Å². The molecule has 9 nitrogen and oxygen atoms in total. The van der Waals surface area contributed by atoms with E-state index in [1.807, 2.05) is 0 Å². The molecule has 110 valence electrons. The first kappa shape index (κ1) is 14.6. The van der Waals surface area contributed by atoms with Crippen LogP contribution < -0.4 is 10.6 Å². The smallest absolute Gasteiger partial charge is 0.282 e. The van der Waals surface area contributed by atoms with Gasteiger partial charge in [0, 0.05) is 0 Å². The van der Waals surface area contributed by atoms with Crippen molar-refractivity contribution >= 4 is 23.6 Å². The van der Waals surface area contributed by atoms with Gasteiger partial charge in [-0.15, -0.1) is 0 Å². The molecule has 0 aromatic carbocycles. The van der Waals surface area contributed by atoms with E-state index in [2.05, 4.69) is 10.6 Å². The highest BCUT2D eigenvalue weighted by atomic mass is 16.5. The molecule has 0 unspecified atom stereocenters. The van der Waals surface area contributed by atoms with Crippen molar-refractivity contribution in [3.63, 3.8) is 0 Å². The molecule has 2 rings (SSSR count). The summed E-state index contributed by atoms with van der Waals surface area (Å²) in [5.41, 5.74) is 0. The molecule has 20 heavy (non-hydrogen) atoms. The fourth-order valence-electron chi connectivity index (χ4n) is 2.51. The molecule has 0 aliphatic carbocycles. The summed E-state index contributed by atoms with van der Waals surface area (Å²) in [6, 6.07) is -0.388. The van der Waals surface area contributed by atoms with Gasteiger partial charge in [-0.3, -0.25) is 34.7 Å². The van der Waals surface area contributed by atoms with Crippen LogP contribution in [0.15, 0.2) is 0 Å². The number of hydroxylamine groups is 3. The first-order chi connectivity index (χ1) is 9.27. The number of nitrogens with one attached hydrogen (secondary N) is 2. The molecule has 0 spiro atoms. The highest BCUT2D eigenvalue weighted by Crippen LogP contribution is 2.13. The van der Waals surface area contributed by atoms with Crippen molar-refractivity contribution in [2.75, 3.05) is 32.7 Å². The van der Waals surface area contributed by atoms with Crippen LogP contribution in [-0.2, 0) is 19.2 Å². The van der Waals surface area contributed by atoms with Gasteiger partial charge in [-0.1, -0.05) is 0 Å². The Morgan fingerprint density at radius 3 is 2.00 bits per heavy atom. The predicted octanol–water partition coefficient (Wildman–Crippen LogP) is -2.70. The second-order valence-electron chi connectivity index (χ2n) is 5.25. The first-order valence-electron chi connectivity index (χ1n) is 6.24. The highest BCUT2D eigenvalue weighted by Gasteiger charge is 2.35. The van der Waals surface area contributed by atoms with Gasteiger partial charge in [0.1, 0.15) is 0 Å².